The third-order valence-corrected chi connectivity index (χ3v) is 4.38. The number of carbonyl (C=O) groups excluding carboxylic acids is 2. The lowest BCUT2D eigenvalue weighted by molar-refractivity contribution is -0.122. The van der Waals surface area contributed by atoms with Crippen LogP contribution >= 0.6 is 0 Å². The number of hydrogen-bond donors (Lipinski definition) is 3. The van der Waals surface area contributed by atoms with E-state index in [9.17, 15) is 19.1 Å². The molecule has 2 aromatic rings. The smallest absolute Gasteiger partial charge is 0.251 e. The maximum atomic E-state index is 14.3. The molecule has 0 spiro atoms. The quantitative estimate of drug-likeness (QED) is 0.638. The molecule has 2 amide bonds. The highest BCUT2D eigenvalue weighted by molar-refractivity contribution is 5.93. The van der Waals surface area contributed by atoms with Crippen LogP contribution in [0.5, 0.6) is 0 Å². The zero-order valence-corrected chi connectivity index (χ0v) is 14.4. The number of carbonyl (C=O) groups is 2. The normalized spacial score (nSPS) is 13.2. The first-order valence-corrected chi connectivity index (χ1v) is 8.47. The molecule has 0 heterocycles. The molecule has 2 rings (SSSR count). The van der Waals surface area contributed by atoms with E-state index in [0.717, 1.165) is 5.56 Å². The Hall–Kier alpha value is -2.73. The van der Waals surface area contributed by atoms with E-state index < -0.39 is 29.7 Å². The summed E-state index contributed by atoms with van der Waals surface area (Å²) in [5.74, 6) is -2.97. The highest BCUT2D eigenvalue weighted by atomic mass is 19.1. The van der Waals surface area contributed by atoms with Gasteiger partial charge in [-0.05, 0) is 42.9 Å². The molecule has 0 radical (unpaired) electrons. The van der Waals surface area contributed by atoms with Crippen molar-refractivity contribution >= 4 is 11.8 Å². The van der Waals surface area contributed by atoms with Gasteiger partial charge >= 0.3 is 0 Å². The number of aliphatic hydroxyl groups excluding tert-OH is 1. The summed E-state index contributed by atoms with van der Waals surface area (Å²) in [6, 6.07) is 13.9. The molecule has 2 aromatic carbocycles. The van der Waals surface area contributed by atoms with Crippen LogP contribution in [0.25, 0.3) is 0 Å². The summed E-state index contributed by atoms with van der Waals surface area (Å²) in [4.78, 5) is 23.0. The van der Waals surface area contributed by atoms with Crippen molar-refractivity contribution in [2.75, 3.05) is 0 Å². The Kier molecular flexibility index (Phi) is 6.86. The number of primary amides is 2. The molecule has 0 aliphatic rings. The van der Waals surface area contributed by atoms with Crippen molar-refractivity contribution in [1.29, 1.82) is 0 Å². The molecular formula is C20H23FN2O3. The minimum Gasteiger partial charge on any atom is -0.393 e. The van der Waals surface area contributed by atoms with Gasteiger partial charge in [0.2, 0.25) is 5.91 Å². The third kappa shape index (κ3) is 5.39. The molecule has 0 saturated carbocycles. The van der Waals surface area contributed by atoms with Gasteiger partial charge in [-0.2, -0.15) is 0 Å². The Morgan fingerprint density at radius 3 is 2.35 bits per heavy atom. The van der Waals surface area contributed by atoms with Crippen molar-refractivity contribution in [3.05, 3.63) is 71.0 Å². The average Bonchev–Trinajstić information content (AvgIpc) is 2.61. The molecule has 0 bridgehead atoms. The molecule has 2 atom stereocenters. The SMILES string of the molecule is NC(=O)c1cccc(C[C@H](C[C@@H](O)CCc2ccccc2)C(N)=O)c1F. The molecule has 0 aromatic heterocycles. The summed E-state index contributed by atoms with van der Waals surface area (Å²) < 4.78 is 14.3. The van der Waals surface area contributed by atoms with Gasteiger partial charge in [0, 0.05) is 5.92 Å². The van der Waals surface area contributed by atoms with E-state index in [-0.39, 0.29) is 24.0 Å². The fraction of sp³-hybridized carbons (Fsp3) is 0.300. The second-order valence-corrected chi connectivity index (χ2v) is 6.36. The van der Waals surface area contributed by atoms with Crippen molar-refractivity contribution in [1.82, 2.24) is 0 Å². The van der Waals surface area contributed by atoms with Crippen molar-refractivity contribution in [2.45, 2.75) is 31.8 Å². The summed E-state index contributed by atoms with van der Waals surface area (Å²) in [5.41, 5.74) is 11.6. The topological polar surface area (TPSA) is 106 Å². The van der Waals surface area contributed by atoms with Crippen LogP contribution in [-0.4, -0.2) is 23.0 Å². The Labute approximate surface area is 151 Å². The van der Waals surface area contributed by atoms with E-state index in [1.165, 1.54) is 18.2 Å². The molecule has 0 unspecified atom stereocenters. The Bertz CT molecular complexity index is 765. The molecule has 0 aliphatic carbocycles. The first-order valence-electron chi connectivity index (χ1n) is 8.47. The molecule has 0 saturated heterocycles. The Balaban J connectivity index is 2.02. The molecule has 0 aliphatic heterocycles. The number of nitrogens with two attached hydrogens (primary N) is 2. The van der Waals surface area contributed by atoms with Crippen molar-refractivity contribution < 1.29 is 19.1 Å². The van der Waals surface area contributed by atoms with Crippen molar-refractivity contribution in [2.24, 2.45) is 17.4 Å². The van der Waals surface area contributed by atoms with Crippen LogP contribution in [0.1, 0.15) is 34.3 Å². The maximum Gasteiger partial charge on any atom is 0.251 e. The monoisotopic (exact) mass is 358 g/mol. The zero-order chi connectivity index (χ0) is 19.1. The lowest BCUT2D eigenvalue weighted by Gasteiger charge is -2.18. The fourth-order valence-electron chi connectivity index (χ4n) is 2.92. The molecule has 0 fully saturated rings. The van der Waals surface area contributed by atoms with E-state index in [1.54, 1.807) is 0 Å². The van der Waals surface area contributed by atoms with E-state index >= 15 is 0 Å². The van der Waals surface area contributed by atoms with Crippen LogP contribution in [0.4, 0.5) is 4.39 Å². The highest BCUT2D eigenvalue weighted by Gasteiger charge is 2.23. The predicted octanol–water partition coefficient (Wildman–Crippen LogP) is 1.95. The molecule has 26 heavy (non-hydrogen) atoms. The van der Waals surface area contributed by atoms with Crippen molar-refractivity contribution in [3.8, 4) is 0 Å². The standard InChI is InChI=1S/C20H23FN2O3/c21-18-14(7-4-8-17(18)20(23)26)11-15(19(22)25)12-16(24)10-9-13-5-2-1-3-6-13/h1-8,15-16,24H,9-12H2,(H2,22,25)(H2,23,26)/t15-,16+/m1/s1. The second kappa shape index (κ2) is 9.10. The highest BCUT2D eigenvalue weighted by Crippen LogP contribution is 2.21. The van der Waals surface area contributed by atoms with Gasteiger partial charge in [0.05, 0.1) is 11.7 Å². The molecule has 6 heteroatoms. The first kappa shape index (κ1) is 19.6. The van der Waals surface area contributed by atoms with Crippen LogP contribution < -0.4 is 11.5 Å². The van der Waals surface area contributed by atoms with Gasteiger partial charge in [0.15, 0.2) is 0 Å². The number of hydrogen-bond acceptors (Lipinski definition) is 3. The van der Waals surface area contributed by atoms with Gasteiger partial charge in [-0.3, -0.25) is 9.59 Å². The lowest BCUT2D eigenvalue weighted by Crippen LogP contribution is -2.29. The predicted molar refractivity (Wildman–Crippen MR) is 96.7 cm³/mol. The van der Waals surface area contributed by atoms with E-state index in [4.69, 9.17) is 11.5 Å². The van der Waals surface area contributed by atoms with Gasteiger partial charge in [0.1, 0.15) is 5.82 Å². The van der Waals surface area contributed by atoms with Crippen LogP contribution in [0.15, 0.2) is 48.5 Å². The largest absolute Gasteiger partial charge is 0.393 e. The number of aryl methyl sites for hydroxylation is 1. The summed E-state index contributed by atoms with van der Waals surface area (Å²) in [5, 5.41) is 10.2. The van der Waals surface area contributed by atoms with Gasteiger partial charge in [-0.25, -0.2) is 4.39 Å². The van der Waals surface area contributed by atoms with E-state index in [1.807, 2.05) is 30.3 Å². The minimum absolute atomic E-state index is 0.00465. The van der Waals surface area contributed by atoms with Gasteiger partial charge in [0.25, 0.3) is 5.91 Å². The summed E-state index contributed by atoms with van der Waals surface area (Å²) >= 11 is 0. The van der Waals surface area contributed by atoms with Crippen LogP contribution in [0, 0.1) is 11.7 Å². The maximum absolute atomic E-state index is 14.3. The molecule has 138 valence electrons. The van der Waals surface area contributed by atoms with Crippen LogP contribution in [0.3, 0.4) is 0 Å². The van der Waals surface area contributed by atoms with E-state index in [2.05, 4.69) is 0 Å². The third-order valence-electron chi connectivity index (χ3n) is 4.38. The van der Waals surface area contributed by atoms with Gasteiger partial charge < -0.3 is 16.6 Å². The lowest BCUT2D eigenvalue weighted by atomic mass is 9.90. The summed E-state index contributed by atoms with van der Waals surface area (Å²) in [7, 11) is 0. The first-order chi connectivity index (χ1) is 12.4. The molecule has 5 N–H and O–H groups in total. The van der Waals surface area contributed by atoms with Gasteiger partial charge in [-0.15, -0.1) is 0 Å². The number of amides is 2. The molecular weight excluding hydrogens is 335 g/mol. The number of halogens is 1. The summed E-state index contributed by atoms with van der Waals surface area (Å²) in [6.07, 6.45) is 0.527. The number of aliphatic hydroxyl groups is 1. The van der Waals surface area contributed by atoms with Crippen LogP contribution in [0.2, 0.25) is 0 Å². The fourth-order valence-corrected chi connectivity index (χ4v) is 2.92. The molecule has 5 nitrogen and oxygen atoms in total. The zero-order valence-electron chi connectivity index (χ0n) is 14.4. The Morgan fingerprint density at radius 1 is 1.04 bits per heavy atom. The minimum atomic E-state index is -0.872. The van der Waals surface area contributed by atoms with E-state index in [0.29, 0.717) is 12.8 Å². The average molecular weight is 358 g/mol. The number of benzene rings is 2. The second-order valence-electron chi connectivity index (χ2n) is 6.36. The van der Waals surface area contributed by atoms with Crippen molar-refractivity contribution in [3.63, 3.8) is 0 Å². The Morgan fingerprint density at radius 2 is 1.73 bits per heavy atom. The van der Waals surface area contributed by atoms with Crippen LogP contribution in [-0.2, 0) is 17.6 Å². The number of rotatable bonds is 9. The summed E-state index contributed by atoms with van der Waals surface area (Å²) in [6.45, 7) is 0. The van der Waals surface area contributed by atoms with Gasteiger partial charge in [-0.1, -0.05) is 42.5 Å².